The highest BCUT2D eigenvalue weighted by Gasteiger charge is 2.59. The molecule has 0 aliphatic heterocycles. The zero-order valence-electron chi connectivity index (χ0n) is 30.8. The summed E-state index contributed by atoms with van der Waals surface area (Å²) in [5.74, 6) is 0.911. The van der Waals surface area contributed by atoms with Crippen molar-refractivity contribution in [2.24, 2.45) is 11.3 Å². The summed E-state index contributed by atoms with van der Waals surface area (Å²) in [4.78, 5) is 10.6. The Bertz CT molecular complexity index is 2550. The lowest BCUT2D eigenvalue weighted by atomic mass is 9.51. The van der Waals surface area contributed by atoms with Crippen molar-refractivity contribution in [3.8, 4) is 11.4 Å². The molecule has 3 atom stereocenters. The molecule has 3 unspecified atom stereocenters. The number of nitrogens with zero attached hydrogens (tertiary/aromatic N) is 2. The van der Waals surface area contributed by atoms with Gasteiger partial charge in [-0.15, -0.1) is 0 Å². The molecule has 1 heterocycles. The van der Waals surface area contributed by atoms with E-state index in [9.17, 15) is 0 Å². The number of benzene rings is 4. The van der Waals surface area contributed by atoms with E-state index in [1.54, 1.807) is 0 Å². The molecule has 53 heavy (non-hydrogen) atoms. The Morgan fingerprint density at radius 3 is 2.34 bits per heavy atom. The predicted octanol–water partition coefficient (Wildman–Crippen LogP) is 12.6. The molecule has 4 aromatic carbocycles. The maximum Gasteiger partial charge on any atom is 0.160 e. The van der Waals surface area contributed by atoms with Crippen LogP contribution in [0.25, 0.3) is 39.0 Å². The summed E-state index contributed by atoms with van der Waals surface area (Å²) in [7, 11) is 0. The van der Waals surface area contributed by atoms with E-state index in [2.05, 4.69) is 179 Å². The van der Waals surface area contributed by atoms with Crippen LogP contribution in [-0.4, -0.2) is 9.97 Å². The summed E-state index contributed by atoms with van der Waals surface area (Å²) in [6, 6.07) is 36.3. The lowest BCUT2D eigenvalue weighted by molar-refractivity contribution is 0.296. The first kappa shape index (κ1) is 32.1. The van der Waals surface area contributed by atoms with Gasteiger partial charge in [0.25, 0.3) is 0 Å². The quantitative estimate of drug-likeness (QED) is 0.188. The number of aromatic nitrogens is 2. The van der Waals surface area contributed by atoms with Gasteiger partial charge in [-0.1, -0.05) is 172 Å². The first-order valence-electron chi connectivity index (χ1n) is 19.3. The number of hydrogen-bond acceptors (Lipinski definition) is 2. The summed E-state index contributed by atoms with van der Waals surface area (Å²) in [6.07, 6.45) is 27.7. The summed E-state index contributed by atoms with van der Waals surface area (Å²) in [6.45, 7) is 7.40. The minimum atomic E-state index is -0.367. The second-order valence-electron chi connectivity index (χ2n) is 16.1. The van der Waals surface area contributed by atoms with Crippen molar-refractivity contribution in [3.63, 3.8) is 0 Å². The van der Waals surface area contributed by atoms with Crippen LogP contribution >= 0.6 is 0 Å². The van der Waals surface area contributed by atoms with Gasteiger partial charge < -0.3 is 0 Å². The lowest BCUT2D eigenvalue weighted by Gasteiger charge is -2.51. The van der Waals surface area contributed by atoms with Gasteiger partial charge in [0.15, 0.2) is 5.82 Å². The van der Waals surface area contributed by atoms with E-state index in [0.29, 0.717) is 0 Å². The number of para-hydroxylation sites is 1. The molecule has 0 saturated carbocycles. The summed E-state index contributed by atoms with van der Waals surface area (Å²) < 4.78 is 0. The minimum absolute atomic E-state index is 0.132. The Morgan fingerprint density at radius 2 is 1.51 bits per heavy atom. The van der Waals surface area contributed by atoms with Gasteiger partial charge in [-0.25, -0.2) is 9.97 Å². The van der Waals surface area contributed by atoms with Gasteiger partial charge in [-0.05, 0) is 82.4 Å². The highest BCUT2D eigenvalue weighted by Crippen LogP contribution is 2.68. The molecule has 0 fully saturated rings. The largest absolute Gasteiger partial charge is 0.228 e. The molecule has 1 aromatic heterocycles. The van der Waals surface area contributed by atoms with Gasteiger partial charge >= 0.3 is 0 Å². The maximum atomic E-state index is 5.35. The van der Waals surface area contributed by atoms with Crippen LogP contribution in [0.2, 0.25) is 0 Å². The van der Waals surface area contributed by atoms with Crippen LogP contribution in [-0.2, 0) is 10.8 Å². The Labute approximate surface area is 313 Å². The number of hydrogen-bond donors (Lipinski definition) is 0. The topological polar surface area (TPSA) is 25.8 Å². The third-order valence-electron chi connectivity index (χ3n) is 12.8. The second-order valence-corrected chi connectivity index (χ2v) is 16.1. The minimum Gasteiger partial charge on any atom is -0.228 e. The van der Waals surface area contributed by atoms with Crippen molar-refractivity contribution < 1.29 is 0 Å². The molecule has 0 spiro atoms. The normalized spacial score (nSPS) is 24.9. The lowest BCUT2D eigenvalue weighted by Crippen LogP contribution is -2.46. The average molecular weight is 685 g/mol. The van der Waals surface area contributed by atoms with E-state index in [4.69, 9.17) is 9.97 Å². The van der Waals surface area contributed by atoms with Gasteiger partial charge in [0.1, 0.15) is 0 Å². The molecule has 0 N–H and O–H groups in total. The zero-order valence-corrected chi connectivity index (χ0v) is 30.8. The molecular weight excluding hydrogens is 641 g/mol. The highest BCUT2D eigenvalue weighted by molar-refractivity contribution is 6.06. The third-order valence-corrected chi connectivity index (χ3v) is 12.8. The molecule has 5 aliphatic rings. The second kappa shape index (κ2) is 12.0. The van der Waals surface area contributed by atoms with Crippen molar-refractivity contribution in [1.82, 2.24) is 9.97 Å². The van der Waals surface area contributed by atoms with Crippen LogP contribution in [0.3, 0.4) is 0 Å². The molecule has 0 amide bonds. The van der Waals surface area contributed by atoms with Crippen LogP contribution in [0.4, 0.5) is 0 Å². The first-order chi connectivity index (χ1) is 25.9. The molecule has 0 radical (unpaired) electrons. The van der Waals surface area contributed by atoms with E-state index < -0.39 is 0 Å². The Morgan fingerprint density at radius 1 is 0.679 bits per heavy atom. The zero-order chi connectivity index (χ0) is 35.8. The van der Waals surface area contributed by atoms with Gasteiger partial charge in [0.2, 0.25) is 0 Å². The Kier molecular flexibility index (Phi) is 7.24. The van der Waals surface area contributed by atoms with Gasteiger partial charge in [0, 0.05) is 33.1 Å². The van der Waals surface area contributed by atoms with Crippen molar-refractivity contribution in [2.45, 2.75) is 57.3 Å². The molecule has 2 heteroatoms. The summed E-state index contributed by atoms with van der Waals surface area (Å²) in [5, 5.41) is 1.10. The van der Waals surface area contributed by atoms with Crippen molar-refractivity contribution in [1.29, 1.82) is 0 Å². The average Bonchev–Trinajstić information content (AvgIpc) is 3.40. The van der Waals surface area contributed by atoms with Crippen LogP contribution in [0.15, 0.2) is 163 Å². The molecule has 5 aromatic rings. The van der Waals surface area contributed by atoms with E-state index in [1.807, 2.05) is 0 Å². The summed E-state index contributed by atoms with van der Waals surface area (Å²) in [5.41, 5.74) is 14.5. The molecule has 2 nitrogen and oxygen atoms in total. The molecular formula is C51H44N2. The summed E-state index contributed by atoms with van der Waals surface area (Å²) >= 11 is 0. The van der Waals surface area contributed by atoms with Crippen LogP contribution in [0.1, 0.15) is 80.0 Å². The van der Waals surface area contributed by atoms with Gasteiger partial charge in [-0.2, -0.15) is 0 Å². The van der Waals surface area contributed by atoms with E-state index >= 15 is 0 Å². The van der Waals surface area contributed by atoms with Crippen LogP contribution < -0.4 is 0 Å². The molecule has 10 rings (SSSR count). The van der Waals surface area contributed by atoms with Gasteiger partial charge in [-0.3, -0.25) is 0 Å². The van der Waals surface area contributed by atoms with E-state index in [0.717, 1.165) is 53.7 Å². The highest BCUT2D eigenvalue weighted by atomic mass is 14.9. The predicted molar refractivity (Wildman–Crippen MR) is 221 cm³/mol. The fourth-order valence-electron chi connectivity index (χ4n) is 10.6. The van der Waals surface area contributed by atoms with Crippen LogP contribution in [0.5, 0.6) is 0 Å². The standard InChI is InChI=1S/C51H44N2/c1-49(2)41-31-30-35(48-52-43-28-16-14-26-39(43)47(53-48)34-19-7-4-8-20-34)33-40(41)46-45(49)38-25-13-15-27-42(38)51(36-21-9-5-10-22-36,37-23-11-6-12-24-37)44-29-17-18-32-50(44,46)3/h5-7,9-11,13-23,25-33,44H,4,8,12,24H2,1-3H3. The van der Waals surface area contributed by atoms with Crippen LogP contribution in [0, 0.1) is 11.3 Å². The number of fused-ring (bicyclic) bond motifs is 7. The third kappa shape index (κ3) is 4.57. The fourth-order valence-corrected chi connectivity index (χ4v) is 10.6. The smallest absolute Gasteiger partial charge is 0.160 e. The van der Waals surface area contributed by atoms with E-state index in [-0.39, 0.29) is 22.2 Å². The monoisotopic (exact) mass is 684 g/mol. The molecule has 258 valence electrons. The van der Waals surface area contributed by atoms with Crippen molar-refractivity contribution >= 4 is 27.6 Å². The van der Waals surface area contributed by atoms with Crippen molar-refractivity contribution in [2.75, 3.05) is 0 Å². The molecule has 0 bridgehead atoms. The number of rotatable bonds is 4. The van der Waals surface area contributed by atoms with E-state index in [1.165, 1.54) is 50.1 Å². The molecule has 0 saturated heterocycles. The first-order valence-corrected chi connectivity index (χ1v) is 19.3. The SMILES string of the molecule is CC1(C)C2=C(c3cc(-c4nc(C5=CCCC=C5)c5ccccc5n4)ccc31)C1(C)C=CC=CC1C(C1=CC=CCC1)(c1ccccc1)c1ccccc12. The van der Waals surface area contributed by atoms with Gasteiger partial charge in [0.05, 0.1) is 11.2 Å². The fraction of sp³-hybridized carbons (Fsp3) is 0.216. The molecule has 5 aliphatic carbocycles. The maximum absolute atomic E-state index is 5.35. The number of allylic oxidation sites excluding steroid dienone is 14. The Hall–Kier alpha value is -5.60. The Balaban J connectivity index is 1.26. The van der Waals surface area contributed by atoms with Crippen molar-refractivity contribution in [3.05, 3.63) is 197 Å².